The molecule has 0 amide bonds. The van der Waals surface area contributed by atoms with Crippen LogP contribution in [0.3, 0.4) is 0 Å². The molecule has 4 rings (SSSR count). The zero-order valence-electron chi connectivity index (χ0n) is 10.5. The molecule has 4 aliphatic carbocycles. The van der Waals surface area contributed by atoms with Gasteiger partial charge in [-0.1, -0.05) is 18.6 Å². The van der Waals surface area contributed by atoms with E-state index in [2.05, 4.69) is 13.0 Å². The summed E-state index contributed by atoms with van der Waals surface area (Å²) in [6.07, 6.45) is 7.82. The van der Waals surface area contributed by atoms with Crippen molar-refractivity contribution in [1.82, 2.24) is 0 Å². The predicted molar refractivity (Wildman–Crippen MR) is 63.1 cm³/mol. The van der Waals surface area contributed by atoms with Gasteiger partial charge in [-0.25, -0.2) is 0 Å². The van der Waals surface area contributed by atoms with Crippen molar-refractivity contribution in [3.05, 3.63) is 11.6 Å². The highest BCUT2D eigenvalue weighted by Crippen LogP contribution is 2.65. The molecule has 90 valence electrons. The van der Waals surface area contributed by atoms with Gasteiger partial charge in [-0.3, -0.25) is 0 Å². The summed E-state index contributed by atoms with van der Waals surface area (Å²) in [5.74, 6) is 0.723. The molecule has 1 spiro atoms. The van der Waals surface area contributed by atoms with Gasteiger partial charge in [0, 0.05) is 7.11 Å². The summed E-state index contributed by atoms with van der Waals surface area (Å²) in [7, 11) is 1.74. The predicted octanol–water partition coefficient (Wildman–Crippen LogP) is 2.66. The third-order valence-electron chi connectivity index (χ3n) is 5.72. The van der Waals surface area contributed by atoms with Gasteiger partial charge in [0.15, 0.2) is 0 Å². The lowest BCUT2D eigenvalue weighted by Crippen LogP contribution is -2.62. The van der Waals surface area contributed by atoms with Crippen molar-refractivity contribution in [2.24, 2.45) is 11.3 Å². The fraction of sp³-hybridized carbons (Fsp3) is 0.857. The summed E-state index contributed by atoms with van der Waals surface area (Å²) in [5.41, 5.74) is 0.764. The topological polar surface area (TPSA) is 29.5 Å². The van der Waals surface area contributed by atoms with E-state index >= 15 is 0 Å². The second kappa shape index (κ2) is 2.91. The summed E-state index contributed by atoms with van der Waals surface area (Å²) in [4.78, 5) is 0. The number of aliphatic hydroxyl groups is 1. The molecular formula is C14H22O2. The van der Waals surface area contributed by atoms with Crippen LogP contribution in [0.15, 0.2) is 11.6 Å². The van der Waals surface area contributed by atoms with Crippen molar-refractivity contribution in [2.75, 3.05) is 7.11 Å². The molecular weight excluding hydrogens is 200 g/mol. The third-order valence-corrected chi connectivity index (χ3v) is 5.72. The van der Waals surface area contributed by atoms with Crippen LogP contribution < -0.4 is 0 Å². The Balaban J connectivity index is 2.14. The van der Waals surface area contributed by atoms with Gasteiger partial charge in [-0.2, -0.15) is 0 Å². The SMILES string of the molecule is CO[C@]12C=C3CCC(C)[C@@]3(CC1)C[C@@]2(C)O. The van der Waals surface area contributed by atoms with E-state index in [1.165, 1.54) is 19.3 Å². The molecule has 2 saturated carbocycles. The Bertz CT molecular complexity index is 358. The molecule has 0 aromatic rings. The molecule has 4 atom stereocenters. The summed E-state index contributed by atoms with van der Waals surface area (Å²) in [5, 5.41) is 10.7. The molecule has 0 aromatic carbocycles. The number of methoxy groups -OCH3 is 1. The Morgan fingerprint density at radius 1 is 1.44 bits per heavy atom. The molecule has 0 radical (unpaired) electrons. The highest BCUT2D eigenvalue weighted by atomic mass is 16.5. The van der Waals surface area contributed by atoms with Gasteiger partial charge in [-0.15, -0.1) is 0 Å². The molecule has 0 aromatic heterocycles. The Morgan fingerprint density at radius 3 is 2.81 bits per heavy atom. The number of ether oxygens (including phenoxy) is 1. The quantitative estimate of drug-likeness (QED) is 0.691. The zero-order chi connectivity index (χ0) is 11.6. The van der Waals surface area contributed by atoms with Crippen molar-refractivity contribution >= 4 is 0 Å². The molecule has 2 heteroatoms. The number of rotatable bonds is 1. The number of hydrogen-bond acceptors (Lipinski definition) is 2. The summed E-state index contributed by atoms with van der Waals surface area (Å²) < 4.78 is 5.69. The molecule has 1 N–H and O–H groups in total. The second-order valence-corrected chi connectivity index (χ2v) is 6.31. The zero-order valence-corrected chi connectivity index (χ0v) is 10.5. The van der Waals surface area contributed by atoms with Gasteiger partial charge in [-0.05, 0) is 50.4 Å². The molecule has 0 saturated heterocycles. The van der Waals surface area contributed by atoms with Crippen LogP contribution in [0, 0.1) is 11.3 Å². The maximum absolute atomic E-state index is 10.7. The first kappa shape index (κ1) is 10.8. The van der Waals surface area contributed by atoms with Crippen molar-refractivity contribution in [1.29, 1.82) is 0 Å². The number of fused-ring (bicyclic) bond motifs is 2. The van der Waals surface area contributed by atoms with Crippen molar-refractivity contribution in [3.8, 4) is 0 Å². The van der Waals surface area contributed by atoms with Crippen LogP contribution in [-0.4, -0.2) is 23.4 Å². The first-order valence-electron chi connectivity index (χ1n) is 6.46. The van der Waals surface area contributed by atoms with E-state index in [0.717, 1.165) is 18.8 Å². The van der Waals surface area contributed by atoms with Gasteiger partial charge in [0.2, 0.25) is 0 Å². The second-order valence-electron chi connectivity index (χ2n) is 6.31. The lowest BCUT2D eigenvalue weighted by molar-refractivity contribution is -0.191. The lowest BCUT2D eigenvalue weighted by Gasteiger charge is -2.58. The fourth-order valence-corrected chi connectivity index (χ4v) is 4.54. The molecule has 0 aliphatic heterocycles. The maximum atomic E-state index is 10.7. The van der Waals surface area contributed by atoms with Crippen LogP contribution >= 0.6 is 0 Å². The summed E-state index contributed by atoms with van der Waals surface area (Å²) in [6.45, 7) is 4.30. The van der Waals surface area contributed by atoms with E-state index in [1.54, 1.807) is 12.7 Å². The van der Waals surface area contributed by atoms with E-state index in [-0.39, 0.29) is 0 Å². The summed E-state index contributed by atoms with van der Waals surface area (Å²) in [6, 6.07) is 0. The van der Waals surface area contributed by atoms with Gasteiger partial charge in [0.25, 0.3) is 0 Å². The van der Waals surface area contributed by atoms with E-state index in [1.807, 2.05) is 6.92 Å². The molecule has 2 bridgehead atoms. The van der Waals surface area contributed by atoms with Crippen LogP contribution in [0.4, 0.5) is 0 Å². The van der Waals surface area contributed by atoms with E-state index < -0.39 is 11.2 Å². The molecule has 2 fully saturated rings. The van der Waals surface area contributed by atoms with Crippen molar-refractivity contribution in [3.63, 3.8) is 0 Å². The average molecular weight is 222 g/mol. The van der Waals surface area contributed by atoms with Gasteiger partial charge >= 0.3 is 0 Å². The lowest BCUT2D eigenvalue weighted by atomic mass is 9.52. The fourth-order valence-electron chi connectivity index (χ4n) is 4.54. The highest BCUT2D eigenvalue weighted by Gasteiger charge is 2.63. The Labute approximate surface area is 97.7 Å². The monoisotopic (exact) mass is 222 g/mol. The Morgan fingerprint density at radius 2 is 2.19 bits per heavy atom. The van der Waals surface area contributed by atoms with E-state index in [0.29, 0.717) is 5.41 Å². The van der Waals surface area contributed by atoms with E-state index in [9.17, 15) is 5.11 Å². The Kier molecular flexibility index (Phi) is 1.96. The van der Waals surface area contributed by atoms with Crippen LogP contribution in [0.1, 0.15) is 46.0 Å². The average Bonchev–Trinajstić information content (AvgIpc) is 2.55. The van der Waals surface area contributed by atoms with Crippen molar-refractivity contribution < 1.29 is 9.84 Å². The van der Waals surface area contributed by atoms with Gasteiger partial charge in [0.05, 0.1) is 5.60 Å². The van der Waals surface area contributed by atoms with Crippen LogP contribution in [0.5, 0.6) is 0 Å². The van der Waals surface area contributed by atoms with Gasteiger partial charge in [0.1, 0.15) is 5.60 Å². The molecule has 1 unspecified atom stereocenters. The Hall–Kier alpha value is -0.340. The molecule has 0 heterocycles. The highest BCUT2D eigenvalue weighted by molar-refractivity contribution is 5.37. The van der Waals surface area contributed by atoms with Gasteiger partial charge < -0.3 is 9.84 Å². The smallest absolute Gasteiger partial charge is 0.114 e. The largest absolute Gasteiger partial charge is 0.387 e. The molecule has 2 nitrogen and oxygen atoms in total. The standard InChI is InChI=1S/C14H22O2/c1-10-4-5-11-8-14(16-3)7-6-13(10,11)9-12(14,2)15/h8,10,15H,4-7,9H2,1-3H3/t10?,12-,13-,14+/m1/s1. The third kappa shape index (κ3) is 1.01. The van der Waals surface area contributed by atoms with Crippen molar-refractivity contribution in [2.45, 2.75) is 57.2 Å². The number of hydrogen-bond donors (Lipinski definition) is 1. The van der Waals surface area contributed by atoms with Crippen LogP contribution in [0.2, 0.25) is 0 Å². The minimum atomic E-state index is -0.692. The number of allylic oxidation sites excluding steroid dienone is 1. The normalized spacial score (nSPS) is 55.0. The minimum Gasteiger partial charge on any atom is -0.387 e. The molecule has 4 aliphatic rings. The minimum absolute atomic E-state index is 0.295. The van der Waals surface area contributed by atoms with Crippen LogP contribution in [-0.2, 0) is 4.74 Å². The van der Waals surface area contributed by atoms with Crippen LogP contribution in [0.25, 0.3) is 0 Å². The summed E-state index contributed by atoms with van der Waals surface area (Å²) >= 11 is 0. The van der Waals surface area contributed by atoms with E-state index in [4.69, 9.17) is 4.74 Å². The first-order valence-corrected chi connectivity index (χ1v) is 6.46. The first-order chi connectivity index (χ1) is 7.46. The maximum Gasteiger partial charge on any atom is 0.114 e. The molecule has 16 heavy (non-hydrogen) atoms.